The van der Waals surface area contributed by atoms with Crippen molar-refractivity contribution in [3.8, 4) is 5.75 Å². The number of benzene rings is 1. The van der Waals surface area contributed by atoms with Crippen molar-refractivity contribution >= 4 is 15.9 Å². The first-order valence-corrected chi connectivity index (χ1v) is 5.82. The lowest BCUT2D eigenvalue weighted by Gasteiger charge is -2.26. The van der Waals surface area contributed by atoms with Crippen LogP contribution in [0.3, 0.4) is 0 Å². The summed E-state index contributed by atoms with van der Waals surface area (Å²) in [5, 5.41) is 9.69. The van der Waals surface area contributed by atoms with Gasteiger partial charge in [-0.05, 0) is 18.2 Å². The van der Waals surface area contributed by atoms with E-state index in [1.165, 1.54) is 0 Å². The monoisotopic (exact) mass is 271 g/mol. The maximum Gasteiger partial charge on any atom is 0.120 e. The molecule has 0 radical (unpaired) electrons. The normalized spacial score (nSPS) is 17.9. The van der Waals surface area contributed by atoms with Crippen LogP contribution < -0.4 is 0 Å². The average molecular weight is 272 g/mol. The third-order valence-electron chi connectivity index (χ3n) is 2.54. The largest absolute Gasteiger partial charge is 0.508 e. The van der Waals surface area contributed by atoms with E-state index in [1.54, 1.807) is 6.07 Å². The predicted molar refractivity (Wildman–Crippen MR) is 61.9 cm³/mol. The van der Waals surface area contributed by atoms with Crippen LogP contribution in [0.15, 0.2) is 22.7 Å². The summed E-state index contributed by atoms with van der Waals surface area (Å²) in [5.74, 6) is 0.365. The van der Waals surface area contributed by atoms with E-state index in [4.69, 9.17) is 4.74 Å². The number of hydrogen-bond donors (Lipinski definition) is 1. The van der Waals surface area contributed by atoms with E-state index in [-0.39, 0.29) is 0 Å². The molecule has 4 heteroatoms. The summed E-state index contributed by atoms with van der Waals surface area (Å²) >= 11 is 3.41. The molecule has 3 nitrogen and oxygen atoms in total. The van der Waals surface area contributed by atoms with E-state index in [9.17, 15) is 5.11 Å². The Morgan fingerprint density at radius 3 is 2.80 bits per heavy atom. The second-order valence-corrected chi connectivity index (χ2v) is 4.58. The van der Waals surface area contributed by atoms with Gasteiger partial charge in [-0.3, -0.25) is 4.90 Å². The summed E-state index contributed by atoms with van der Waals surface area (Å²) in [6, 6.07) is 5.53. The third kappa shape index (κ3) is 2.93. The highest BCUT2D eigenvalue weighted by molar-refractivity contribution is 9.10. The molecule has 0 spiro atoms. The molecule has 1 N–H and O–H groups in total. The lowest BCUT2D eigenvalue weighted by atomic mass is 10.2. The van der Waals surface area contributed by atoms with Crippen molar-refractivity contribution in [3.63, 3.8) is 0 Å². The van der Waals surface area contributed by atoms with Gasteiger partial charge in [0.05, 0.1) is 13.2 Å². The molecule has 1 heterocycles. The summed E-state index contributed by atoms with van der Waals surface area (Å²) in [4.78, 5) is 2.28. The van der Waals surface area contributed by atoms with Gasteiger partial charge in [0.15, 0.2) is 0 Å². The Morgan fingerprint density at radius 2 is 2.07 bits per heavy atom. The summed E-state index contributed by atoms with van der Waals surface area (Å²) in [6.45, 7) is 4.23. The van der Waals surface area contributed by atoms with E-state index >= 15 is 0 Å². The zero-order valence-corrected chi connectivity index (χ0v) is 10.0. The number of phenolic OH excluding ortho intramolecular Hbond substituents is 1. The molecule has 0 bridgehead atoms. The van der Waals surface area contributed by atoms with Crippen LogP contribution in [0.25, 0.3) is 0 Å². The number of halogens is 1. The average Bonchev–Trinajstić information content (AvgIpc) is 2.25. The lowest BCUT2D eigenvalue weighted by Crippen LogP contribution is -2.35. The summed E-state index contributed by atoms with van der Waals surface area (Å²) in [5.41, 5.74) is 0.964. The molecule has 15 heavy (non-hydrogen) atoms. The molecule has 1 aromatic rings. The standard InChI is InChI=1S/C11H14BrNO2/c12-10-1-2-11(14)9(7-10)8-13-3-5-15-6-4-13/h1-2,7,14H,3-6,8H2. The van der Waals surface area contributed by atoms with Gasteiger partial charge in [-0.15, -0.1) is 0 Å². The van der Waals surface area contributed by atoms with Gasteiger partial charge in [-0.2, -0.15) is 0 Å². The maximum atomic E-state index is 9.69. The van der Waals surface area contributed by atoms with E-state index in [0.717, 1.165) is 42.9 Å². The first kappa shape index (κ1) is 10.9. The highest BCUT2D eigenvalue weighted by atomic mass is 79.9. The summed E-state index contributed by atoms with van der Waals surface area (Å²) in [7, 11) is 0. The fourth-order valence-electron chi connectivity index (χ4n) is 1.68. The summed E-state index contributed by atoms with van der Waals surface area (Å²) < 4.78 is 6.28. The minimum atomic E-state index is 0.365. The van der Waals surface area contributed by atoms with E-state index < -0.39 is 0 Å². The molecule has 1 saturated heterocycles. The molecule has 1 aliphatic heterocycles. The zero-order valence-electron chi connectivity index (χ0n) is 8.45. The molecule has 1 aromatic carbocycles. The Bertz CT molecular complexity index is 337. The van der Waals surface area contributed by atoms with Gasteiger partial charge in [0.25, 0.3) is 0 Å². The second kappa shape index (κ2) is 4.96. The van der Waals surface area contributed by atoms with Crippen molar-refractivity contribution in [1.82, 2.24) is 4.90 Å². The predicted octanol–water partition coefficient (Wildman–Crippen LogP) is 1.99. The van der Waals surface area contributed by atoms with Crippen molar-refractivity contribution in [3.05, 3.63) is 28.2 Å². The molecule has 0 unspecified atom stereocenters. The van der Waals surface area contributed by atoms with E-state index in [2.05, 4.69) is 20.8 Å². The van der Waals surface area contributed by atoms with Crippen molar-refractivity contribution in [2.45, 2.75) is 6.54 Å². The van der Waals surface area contributed by atoms with Gasteiger partial charge in [-0.25, -0.2) is 0 Å². The first-order chi connectivity index (χ1) is 7.25. The first-order valence-electron chi connectivity index (χ1n) is 5.03. The molecule has 0 saturated carbocycles. The Hall–Kier alpha value is -0.580. The van der Waals surface area contributed by atoms with Gasteiger partial charge in [0, 0.05) is 29.7 Å². The topological polar surface area (TPSA) is 32.7 Å². The summed E-state index contributed by atoms with van der Waals surface area (Å²) in [6.07, 6.45) is 0. The fraction of sp³-hybridized carbons (Fsp3) is 0.455. The van der Waals surface area contributed by atoms with Crippen LogP contribution in [0.2, 0.25) is 0 Å². The van der Waals surface area contributed by atoms with Crippen molar-refractivity contribution < 1.29 is 9.84 Å². The van der Waals surface area contributed by atoms with Crippen LogP contribution in [0.1, 0.15) is 5.56 Å². The third-order valence-corrected chi connectivity index (χ3v) is 3.03. The molecule has 1 fully saturated rings. The molecule has 0 amide bonds. The number of morpholine rings is 1. The fourth-order valence-corrected chi connectivity index (χ4v) is 2.09. The minimum absolute atomic E-state index is 0.365. The Balaban J connectivity index is 2.05. The second-order valence-electron chi connectivity index (χ2n) is 3.66. The molecule has 82 valence electrons. The number of rotatable bonds is 2. The number of ether oxygens (including phenoxy) is 1. The number of hydrogen-bond acceptors (Lipinski definition) is 3. The van der Waals surface area contributed by atoms with Gasteiger partial charge < -0.3 is 9.84 Å². The molecular formula is C11H14BrNO2. The van der Waals surface area contributed by atoms with Crippen LogP contribution in [0.5, 0.6) is 5.75 Å². The van der Waals surface area contributed by atoms with Gasteiger partial charge >= 0.3 is 0 Å². The molecular weight excluding hydrogens is 258 g/mol. The smallest absolute Gasteiger partial charge is 0.120 e. The SMILES string of the molecule is Oc1ccc(Br)cc1CN1CCOCC1. The van der Waals surface area contributed by atoms with E-state index in [0.29, 0.717) is 5.75 Å². The highest BCUT2D eigenvalue weighted by Crippen LogP contribution is 2.23. The quantitative estimate of drug-likeness (QED) is 0.893. The highest BCUT2D eigenvalue weighted by Gasteiger charge is 2.12. The van der Waals surface area contributed by atoms with Crippen molar-refractivity contribution in [2.24, 2.45) is 0 Å². The van der Waals surface area contributed by atoms with Crippen LogP contribution >= 0.6 is 15.9 Å². The minimum Gasteiger partial charge on any atom is -0.508 e. The molecule has 0 aliphatic carbocycles. The zero-order chi connectivity index (χ0) is 10.7. The van der Waals surface area contributed by atoms with Gasteiger partial charge in [0.1, 0.15) is 5.75 Å². The lowest BCUT2D eigenvalue weighted by molar-refractivity contribution is 0.0339. The number of phenols is 1. The molecule has 0 aromatic heterocycles. The van der Waals surface area contributed by atoms with Crippen LogP contribution in [-0.2, 0) is 11.3 Å². The van der Waals surface area contributed by atoms with Crippen LogP contribution in [0.4, 0.5) is 0 Å². The van der Waals surface area contributed by atoms with Crippen LogP contribution in [-0.4, -0.2) is 36.3 Å². The maximum absolute atomic E-state index is 9.69. The van der Waals surface area contributed by atoms with E-state index in [1.807, 2.05) is 12.1 Å². The molecule has 0 atom stereocenters. The van der Waals surface area contributed by atoms with Crippen LogP contribution in [0, 0.1) is 0 Å². The Kier molecular flexibility index (Phi) is 3.61. The van der Waals surface area contributed by atoms with Gasteiger partial charge in [0.2, 0.25) is 0 Å². The Labute approximate surface area is 97.8 Å². The van der Waals surface area contributed by atoms with Crippen molar-refractivity contribution in [2.75, 3.05) is 26.3 Å². The van der Waals surface area contributed by atoms with Gasteiger partial charge in [-0.1, -0.05) is 15.9 Å². The molecule has 2 rings (SSSR count). The molecule has 1 aliphatic rings. The number of aromatic hydroxyl groups is 1. The number of nitrogens with zero attached hydrogens (tertiary/aromatic N) is 1. The Morgan fingerprint density at radius 1 is 1.33 bits per heavy atom. The van der Waals surface area contributed by atoms with Crippen molar-refractivity contribution in [1.29, 1.82) is 0 Å².